The van der Waals surface area contributed by atoms with Crippen LogP contribution in [0.4, 0.5) is 0 Å². The van der Waals surface area contributed by atoms with Crippen LogP contribution in [0.5, 0.6) is 5.75 Å². The summed E-state index contributed by atoms with van der Waals surface area (Å²) < 4.78 is 16.6. The summed E-state index contributed by atoms with van der Waals surface area (Å²) in [5.74, 6) is 0.740. The van der Waals surface area contributed by atoms with Crippen molar-refractivity contribution in [3.63, 3.8) is 0 Å². The maximum absolute atomic E-state index is 8.75. The van der Waals surface area contributed by atoms with Gasteiger partial charge in [-0.15, -0.1) is 13.2 Å². The first-order valence-electron chi connectivity index (χ1n) is 7.14. The number of aliphatic hydroxyl groups excluding tert-OH is 1. The molecule has 0 bridgehead atoms. The van der Waals surface area contributed by atoms with Crippen molar-refractivity contribution in [2.75, 3.05) is 19.9 Å². The van der Waals surface area contributed by atoms with Crippen LogP contribution in [-0.4, -0.2) is 31.2 Å². The van der Waals surface area contributed by atoms with Crippen molar-refractivity contribution in [1.29, 1.82) is 0 Å². The van der Waals surface area contributed by atoms with Crippen LogP contribution in [0.15, 0.2) is 37.4 Å². The van der Waals surface area contributed by atoms with E-state index in [0.29, 0.717) is 6.61 Å². The van der Waals surface area contributed by atoms with Gasteiger partial charge in [0.15, 0.2) is 6.29 Å². The maximum Gasteiger partial charge on any atom is 0.184 e. The maximum atomic E-state index is 8.75. The van der Waals surface area contributed by atoms with E-state index in [0.717, 1.165) is 30.6 Å². The van der Waals surface area contributed by atoms with Crippen LogP contribution in [0, 0.1) is 0 Å². The van der Waals surface area contributed by atoms with E-state index in [9.17, 15) is 0 Å². The van der Waals surface area contributed by atoms with Gasteiger partial charge in [-0.2, -0.15) is 0 Å². The summed E-state index contributed by atoms with van der Waals surface area (Å²) in [6.07, 6.45) is 2.52. The summed E-state index contributed by atoms with van der Waals surface area (Å²) in [5.41, 5.74) is 6.29. The number of hydrogen-bond donors (Lipinski definition) is 2. The Morgan fingerprint density at radius 1 is 1.24 bits per heavy atom. The van der Waals surface area contributed by atoms with Crippen LogP contribution < -0.4 is 10.5 Å². The van der Waals surface area contributed by atoms with Gasteiger partial charge in [0.05, 0.1) is 12.7 Å². The Labute approximate surface area is 126 Å². The summed E-state index contributed by atoms with van der Waals surface area (Å²) in [6.45, 7) is 7.01. The van der Waals surface area contributed by atoms with Crippen molar-refractivity contribution in [2.24, 2.45) is 5.73 Å². The number of benzene rings is 1. The number of unbranched alkanes of at least 4 members (excludes halogenated alkanes) is 1. The molecule has 5 nitrogen and oxygen atoms in total. The van der Waals surface area contributed by atoms with Crippen LogP contribution in [0.1, 0.15) is 31.1 Å². The molecule has 1 aliphatic heterocycles. The van der Waals surface area contributed by atoms with E-state index in [-0.39, 0.29) is 25.7 Å². The lowest BCUT2D eigenvalue weighted by atomic mass is 10.2. The lowest BCUT2D eigenvalue weighted by Gasteiger charge is -2.12. The van der Waals surface area contributed by atoms with Gasteiger partial charge in [-0.1, -0.05) is 12.1 Å². The number of nitrogens with two attached hydrogens (primary N) is 1. The molecule has 1 aromatic carbocycles. The minimum atomic E-state index is -0.300. The molecule has 0 saturated carbocycles. The molecular weight excluding hydrogens is 270 g/mol. The molecule has 5 heteroatoms. The summed E-state index contributed by atoms with van der Waals surface area (Å²) >= 11 is 0. The van der Waals surface area contributed by atoms with Gasteiger partial charge < -0.3 is 19.3 Å². The first kappa shape index (κ1) is 17.7. The molecule has 1 heterocycles. The first-order valence-corrected chi connectivity index (χ1v) is 7.14. The Kier molecular flexibility index (Phi) is 8.69. The second kappa shape index (κ2) is 10.3. The zero-order valence-electron chi connectivity index (χ0n) is 12.4. The molecule has 1 aromatic rings. The molecule has 3 N–H and O–H groups in total. The average molecular weight is 295 g/mol. The van der Waals surface area contributed by atoms with E-state index in [1.165, 1.54) is 0 Å². The van der Waals surface area contributed by atoms with E-state index in [2.05, 4.69) is 13.2 Å². The van der Waals surface area contributed by atoms with Crippen molar-refractivity contribution < 1.29 is 19.3 Å². The Morgan fingerprint density at radius 2 is 1.95 bits per heavy atom. The third-order valence-corrected chi connectivity index (χ3v) is 3.09. The van der Waals surface area contributed by atoms with Crippen LogP contribution >= 0.6 is 0 Å². The number of rotatable bonds is 7. The molecule has 0 spiro atoms. The first-order chi connectivity index (χ1) is 10.3. The highest BCUT2D eigenvalue weighted by atomic mass is 16.7. The van der Waals surface area contributed by atoms with Gasteiger partial charge in [-0.3, -0.25) is 5.73 Å². The zero-order chi connectivity index (χ0) is 15.5. The van der Waals surface area contributed by atoms with E-state index in [1.54, 1.807) is 0 Å². The Balaban J connectivity index is 0.00000106. The van der Waals surface area contributed by atoms with Crippen molar-refractivity contribution >= 4 is 0 Å². The quantitative estimate of drug-likeness (QED) is 0.459. The molecule has 0 aliphatic carbocycles. The molecule has 118 valence electrons. The molecule has 1 fully saturated rings. The Hall–Kier alpha value is -1.40. The van der Waals surface area contributed by atoms with Gasteiger partial charge in [-0.05, 0) is 31.4 Å². The monoisotopic (exact) mass is 295 g/mol. The van der Waals surface area contributed by atoms with Crippen LogP contribution in [0.3, 0.4) is 0 Å². The highest BCUT2D eigenvalue weighted by Gasteiger charge is 2.26. The van der Waals surface area contributed by atoms with Gasteiger partial charge in [0.1, 0.15) is 12.5 Å². The average Bonchev–Trinajstić information content (AvgIpc) is 3.00. The second-order valence-electron chi connectivity index (χ2n) is 4.52. The summed E-state index contributed by atoms with van der Waals surface area (Å²) in [6, 6.07) is 7.56. The lowest BCUT2D eigenvalue weighted by molar-refractivity contribution is -0.0614. The minimum absolute atomic E-state index is 0.122. The van der Waals surface area contributed by atoms with Crippen molar-refractivity contribution in [3.8, 4) is 5.75 Å². The van der Waals surface area contributed by atoms with Crippen LogP contribution in [0.25, 0.3) is 0 Å². The molecule has 1 aliphatic rings. The summed E-state index contributed by atoms with van der Waals surface area (Å²) in [5, 5.41) is 8.75. The number of hydrogen-bond acceptors (Lipinski definition) is 5. The van der Waals surface area contributed by atoms with E-state index in [4.69, 9.17) is 25.1 Å². The van der Waals surface area contributed by atoms with Crippen molar-refractivity contribution in [1.82, 2.24) is 0 Å². The van der Waals surface area contributed by atoms with Gasteiger partial charge in [0.25, 0.3) is 0 Å². The van der Waals surface area contributed by atoms with Gasteiger partial charge in [0.2, 0.25) is 0 Å². The van der Waals surface area contributed by atoms with Crippen molar-refractivity contribution in [2.45, 2.75) is 31.7 Å². The number of aliphatic hydroxyl groups is 1. The summed E-state index contributed by atoms with van der Waals surface area (Å²) in [7, 11) is 0. The third-order valence-electron chi connectivity index (χ3n) is 3.09. The third kappa shape index (κ3) is 5.85. The standard InChI is InChI=1S/C14H21NO4.C2H4/c15-10-18-12-6-4-11(5-7-12)14-17-9-13(19-14)3-1-2-8-16;1-2/h4-7,13-14,16H,1-3,8-10,15H2;1-2H2. The Morgan fingerprint density at radius 3 is 2.57 bits per heavy atom. The van der Waals surface area contributed by atoms with Crippen LogP contribution in [0.2, 0.25) is 0 Å². The molecule has 0 radical (unpaired) electrons. The van der Waals surface area contributed by atoms with Gasteiger partial charge >= 0.3 is 0 Å². The SMILES string of the molecule is C=C.NCOc1ccc(C2OCC(CCCCO)O2)cc1. The highest BCUT2D eigenvalue weighted by Crippen LogP contribution is 2.29. The fraction of sp³-hybridized carbons (Fsp3) is 0.500. The fourth-order valence-electron chi connectivity index (χ4n) is 2.08. The summed E-state index contributed by atoms with van der Waals surface area (Å²) in [4.78, 5) is 0. The Bertz CT molecular complexity index is 382. The fourth-order valence-corrected chi connectivity index (χ4v) is 2.08. The lowest BCUT2D eigenvalue weighted by Crippen LogP contribution is -2.09. The highest BCUT2D eigenvalue weighted by molar-refractivity contribution is 5.28. The predicted molar refractivity (Wildman–Crippen MR) is 81.9 cm³/mol. The molecule has 21 heavy (non-hydrogen) atoms. The molecular formula is C16H25NO4. The second-order valence-corrected chi connectivity index (χ2v) is 4.52. The topological polar surface area (TPSA) is 73.9 Å². The predicted octanol–water partition coefficient (Wildman–Crippen LogP) is 2.36. The molecule has 0 amide bonds. The molecule has 0 aromatic heterocycles. The van der Waals surface area contributed by atoms with E-state index < -0.39 is 0 Å². The minimum Gasteiger partial charge on any atom is -0.479 e. The van der Waals surface area contributed by atoms with Gasteiger partial charge in [0, 0.05) is 12.2 Å². The van der Waals surface area contributed by atoms with Gasteiger partial charge in [-0.25, -0.2) is 0 Å². The molecule has 1 saturated heterocycles. The molecule has 2 unspecified atom stereocenters. The van der Waals surface area contributed by atoms with Crippen LogP contribution in [-0.2, 0) is 9.47 Å². The zero-order valence-corrected chi connectivity index (χ0v) is 12.4. The normalized spacial score (nSPS) is 20.7. The van der Waals surface area contributed by atoms with E-state index in [1.807, 2.05) is 24.3 Å². The van der Waals surface area contributed by atoms with Crippen molar-refractivity contribution in [3.05, 3.63) is 43.0 Å². The van der Waals surface area contributed by atoms with E-state index >= 15 is 0 Å². The molecule has 2 rings (SSSR count). The number of ether oxygens (including phenoxy) is 3. The smallest absolute Gasteiger partial charge is 0.184 e. The molecule has 2 atom stereocenters. The largest absolute Gasteiger partial charge is 0.479 e.